The zero-order chi connectivity index (χ0) is 22.1. The maximum absolute atomic E-state index is 13.1. The van der Waals surface area contributed by atoms with Crippen LogP contribution in [0.4, 0.5) is 15.8 Å². The molecule has 1 aliphatic heterocycles. The molecule has 0 fully saturated rings. The molecule has 1 heterocycles. The minimum absolute atomic E-state index is 0.00350. The molecule has 5 heteroatoms. The van der Waals surface area contributed by atoms with Crippen molar-refractivity contribution in [2.45, 2.75) is 58.5 Å². The van der Waals surface area contributed by atoms with E-state index in [2.05, 4.69) is 57.0 Å². The van der Waals surface area contributed by atoms with Crippen molar-refractivity contribution in [3.63, 3.8) is 0 Å². The van der Waals surface area contributed by atoms with Gasteiger partial charge in [0.1, 0.15) is 17.5 Å². The Balaban J connectivity index is 1.91. The third-order valence-electron chi connectivity index (χ3n) is 5.59. The molecule has 2 aromatic carbocycles. The molecule has 0 bridgehead atoms. The highest BCUT2D eigenvalue weighted by atomic mass is 19.1. The highest BCUT2D eigenvalue weighted by molar-refractivity contribution is 6.09. The zero-order valence-electron chi connectivity index (χ0n) is 18.2. The summed E-state index contributed by atoms with van der Waals surface area (Å²) in [7, 11) is 0. The fraction of sp³-hybridized carbons (Fsp3) is 0.360. The number of halogens is 1. The third-order valence-corrected chi connectivity index (χ3v) is 5.59. The highest BCUT2D eigenvalue weighted by Crippen LogP contribution is 2.44. The first-order chi connectivity index (χ1) is 14.1. The van der Waals surface area contributed by atoms with Crippen LogP contribution in [0.3, 0.4) is 0 Å². The molecular formula is C25H28FN3O. The molecule has 30 heavy (non-hydrogen) atoms. The Labute approximate surface area is 178 Å². The maximum atomic E-state index is 13.1. The lowest BCUT2D eigenvalue weighted by atomic mass is 9.79. The van der Waals surface area contributed by atoms with E-state index < -0.39 is 5.91 Å². The number of anilines is 2. The standard InChI is InChI=1S/C25H28FN3O/c1-16(2)29-23-11-6-18(13-22(23)17(3)14-25(29,4)5)12-19(15-27)24(30)28-21-9-7-20(26)8-10-21/h6-13,16-17H,14H2,1-5H3,(H,28,30)/b19-12-/t17-/m1/s1. The molecule has 3 rings (SSSR count). The van der Waals surface area contributed by atoms with Gasteiger partial charge in [-0.3, -0.25) is 4.79 Å². The predicted octanol–water partition coefficient (Wildman–Crippen LogP) is 5.87. The van der Waals surface area contributed by atoms with E-state index in [4.69, 9.17) is 0 Å². The van der Waals surface area contributed by atoms with Crippen LogP contribution in [-0.4, -0.2) is 17.5 Å². The largest absolute Gasteiger partial charge is 0.364 e. The fourth-order valence-electron chi connectivity index (χ4n) is 4.58. The van der Waals surface area contributed by atoms with Crippen molar-refractivity contribution in [1.82, 2.24) is 0 Å². The SMILES string of the molecule is CC(C)N1c2ccc(/C=C(/C#N)C(=O)Nc3ccc(F)cc3)cc2[C@H](C)CC1(C)C. The molecule has 1 atom stereocenters. The Bertz CT molecular complexity index is 1020. The summed E-state index contributed by atoms with van der Waals surface area (Å²) in [5, 5.41) is 12.1. The summed E-state index contributed by atoms with van der Waals surface area (Å²) in [6, 6.07) is 13.9. The topological polar surface area (TPSA) is 56.1 Å². The second-order valence-electron chi connectivity index (χ2n) is 8.83. The summed E-state index contributed by atoms with van der Waals surface area (Å²) in [6.45, 7) is 11.2. The van der Waals surface area contributed by atoms with Crippen LogP contribution in [0.5, 0.6) is 0 Å². The summed E-state index contributed by atoms with van der Waals surface area (Å²) >= 11 is 0. The summed E-state index contributed by atoms with van der Waals surface area (Å²) in [5.41, 5.74) is 3.76. The van der Waals surface area contributed by atoms with E-state index >= 15 is 0 Å². The van der Waals surface area contributed by atoms with Crippen LogP contribution in [0.15, 0.2) is 48.0 Å². The lowest BCUT2D eigenvalue weighted by Crippen LogP contribution is -2.51. The number of fused-ring (bicyclic) bond motifs is 1. The predicted molar refractivity (Wildman–Crippen MR) is 120 cm³/mol. The van der Waals surface area contributed by atoms with E-state index in [1.165, 1.54) is 35.5 Å². The van der Waals surface area contributed by atoms with Crippen LogP contribution in [0.25, 0.3) is 6.08 Å². The maximum Gasteiger partial charge on any atom is 0.266 e. The Morgan fingerprint density at radius 3 is 2.53 bits per heavy atom. The Kier molecular flexibility index (Phi) is 5.98. The molecule has 1 amide bonds. The molecule has 0 aliphatic carbocycles. The van der Waals surface area contributed by atoms with Crippen molar-refractivity contribution >= 4 is 23.4 Å². The van der Waals surface area contributed by atoms with Gasteiger partial charge in [0.05, 0.1) is 0 Å². The lowest BCUT2D eigenvalue weighted by molar-refractivity contribution is -0.112. The van der Waals surface area contributed by atoms with Crippen LogP contribution in [-0.2, 0) is 4.79 Å². The number of nitrogens with one attached hydrogen (secondary N) is 1. The Hall–Kier alpha value is -3.13. The van der Waals surface area contributed by atoms with E-state index in [1.807, 2.05) is 12.1 Å². The van der Waals surface area contributed by atoms with Crippen molar-refractivity contribution in [1.29, 1.82) is 5.26 Å². The smallest absolute Gasteiger partial charge is 0.266 e. The van der Waals surface area contributed by atoms with Gasteiger partial charge in [-0.25, -0.2) is 4.39 Å². The van der Waals surface area contributed by atoms with Gasteiger partial charge in [-0.1, -0.05) is 13.0 Å². The van der Waals surface area contributed by atoms with E-state index in [0.717, 1.165) is 12.0 Å². The number of nitrogens with zero attached hydrogens (tertiary/aromatic N) is 2. The number of rotatable bonds is 4. The molecule has 0 saturated carbocycles. The van der Waals surface area contributed by atoms with E-state index in [1.54, 1.807) is 6.08 Å². The average Bonchev–Trinajstić information content (AvgIpc) is 2.67. The summed E-state index contributed by atoms with van der Waals surface area (Å²) in [5.74, 6) is -0.525. The number of nitriles is 1. The first-order valence-corrected chi connectivity index (χ1v) is 10.2. The van der Waals surface area contributed by atoms with Crippen molar-refractivity contribution < 1.29 is 9.18 Å². The van der Waals surface area contributed by atoms with E-state index in [-0.39, 0.29) is 16.9 Å². The fourth-order valence-corrected chi connectivity index (χ4v) is 4.58. The summed E-state index contributed by atoms with van der Waals surface area (Å²) in [4.78, 5) is 15.0. The first-order valence-electron chi connectivity index (χ1n) is 10.2. The van der Waals surface area contributed by atoms with E-state index in [0.29, 0.717) is 17.6 Å². The summed E-state index contributed by atoms with van der Waals surface area (Å²) < 4.78 is 13.1. The Morgan fingerprint density at radius 1 is 1.27 bits per heavy atom. The minimum atomic E-state index is -0.514. The Morgan fingerprint density at radius 2 is 1.93 bits per heavy atom. The number of benzene rings is 2. The van der Waals surface area contributed by atoms with Gasteiger partial charge in [0.15, 0.2) is 0 Å². The molecule has 1 N–H and O–H groups in total. The monoisotopic (exact) mass is 405 g/mol. The summed E-state index contributed by atoms with van der Waals surface area (Å²) in [6.07, 6.45) is 2.63. The normalized spacial score (nSPS) is 18.0. The van der Waals surface area contributed by atoms with Crippen LogP contribution >= 0.6 is 0 Å². The lowest BCUT2D eigenvalue weighted by Gasteiger charge is -2.50. The van der Waals surface area contributed by atoms with Crippen molar-refractivity contribution in [3.05, 3.63) is 65.0 Å². The second kappa shape index (κ2) is 8.31. The van der Waals surface area contributed by atoms with Gasteiger partial charge in [-0.15, -0.1) is 0 Å². The number of hydrogen-bond donors (Lipinski definition) is 1. The van der Waals surface area contributed by atoms with E-state index in [9.17, 15) is 14.4 Å². The molecule has 0 spiro atoms. The van der Waals surface area contributed by atoms with Gasteiger partial charge in [-0.2, -0.15) is 5.26 Å². The van der Waals surface area contributed by atoms with Crippen molar-refractivity contribution in [2.24, 2.45) is 0 Å². The first kappa shape index (κ1) is 21.6. The molecule has 1 aliphatic rings. The van der Waals surface area contributed by atoms with Crippen LogP contribution < -0.4 is 10.2 Å². The quantitative estimate of drug-likeness (QED) is 0.511. The van der Waals surface area contributed by atoms with Gasteiger partial charge in [0, 0.05) is 23.0 Å². The minimum Gasteiger partial charge on any atom is -0.364 e. The van der Waals surface area contributed by atoms with Gasteiger partial charge in [0.2, 0.25) is 0 Å². The number of hydrogen-bond acceptors (Lipinski definition) is 3. The van der Waals surface area contributed by atoms with Gasteiger partial charge in [-0.05, 0) is 93.6 Å². The molecule has 0 unspecified atom stereocenters. The molecular weight excluding hydrogens is 377 g/mol. The van der Waals surface area contributed by atoms with Gasteiger partial charge < -0.3 is 10.2 Å². The number of carbonyl (C=O) groups is 1. The average molecular weight is 406 g/mol. The molecule has 0 radical (unpaired) electrons. The number of amides is 1. The van der Waals surface area contributed by atoms with Crippen LogP contribution in [0, 0.1) is 17.1 Å². The van der Waals surface area contributed by atoms with Gasteiger partial charge >= 0.3 is 0 Å². The van der Waals surface area contributed by atoms with Crippen LogP contribution in [0.2, 0.25) is 0 Å². The molecule has 156 valence electrons. The van der Waals surface area contributed by atoms with Gasteiger partial charge in [0.25, 0.3) is 5.91 Å². The van der Waals surface area contributed by atoms with Crippen molar-refractivity contribution in [3.8, 4) is 6.07 Å². The highest BCUT2D eigenvalue weighted by Gasteiger charge is 2.37. The van der Waals surface area contributed by atoms with Crippen molar-refractivity contribution in [2.75, 3.05) is 10.2 Å². The zero-order valence-corrected chi connectivity index (χ0v) is 18.2. The third kappa shape index (κ3) is 4.38. The molecule has 2 aromatic rings. The molecule has 0 saturated heterocycles. The molecule has 0 aromatic heterocycles. The molecule has 4 nitrogen and oxygen atoms in total. The number of carbonyl (C=O) groups excluding carboxylic acids is 1. The van der Waals surface area contributed by atoms with Crippen LogP contribution in [0.1, 0.15) is 58.1 Å². The second-order valence-corrected chi connectivity index (χ2v) is 8.83.